The molecule has 0 aliphatic carbocycles. The summed E-state index contributed by atoms with van der Waals surface area (Å²) >= 11 is 0. The third-order valence-electron chi connectivity index (χ3n) is 3.02. The Morgan fingerprint density at radius 1 is 1.64 bits per heavy atom. The van der Waals surface area contributed by atoms with Crippen molar-refractivity contribution in [1.82, 2.24) is 0 Å². The van der Waals surface area contributed by atoms with E-state index in [9.17, 15) is 4.79 Å². The smallest absolute Gasteiger partial charge is 0.323 e. The summed E-state index contributed by atoms with van der Waals surface area (Å²) in [5.41, 5.74) is 5.47. The summed E-state index contributed by atoms with van der Waals surface area (Å²) in [6, 6.07) is -0.615. The van der Waals surface area contributed by atoms with E-state index in [4.69, 9.17) is 10.5 Å². The zero-order chi connectivity index (χ0) is 10.8. The SMILES string of the molecule is COC(=O)C(N)C(C)(C)C1CCCO1. The molecule has 0 aromatic heterocycles. The fourth-order valence-electron chi connectivity index (χ4n) is 1.80. The van der Waals surface area contributed by atoms with Crippen LogP contribution < -0.4 is 5.73 Å². The first-order valence-electron chi connectivity index (χ1n) is 4.95. The van der Waals surface area contributed by atoms with E-state index >= 15 is 0 Å². The van der Waals surface area contributed by atoms with Gasteiger partial charge in [0, 0.05) is 12.0 Å². The second-order valence-electron chi connectivity index (χ2n) is 4.32. The minimum absolute atomic E-state index is 0.0663. The van der Waals surface area contributed by atoms with Crippen molar-refractivity contribution < 1.29 is 14.3 Å². The first kappa shape index (κ1) is 11.5. The van der Waals surface area contributed by atoms with Crippen molar-refractivity contribution in [2.75, 3.05) is 13.7 Å². The van der Waals surface area contributed by atoms with Crippen LogP contribution in [-0.2, 0) is 14.3 Å². The molecule has 0 aromatic rings. The maximum absolute atomic E-state index is 11.3. The van der Waals surface area contributed by atoms with Crippen LogP contribution in [0.1, 0.15) is 26.7 Å². The predicted octanol–water partition coefficient (Wildman–Crippen LogP) is 0.692. The van der Waals surface area contributed by atoms with Crippen LogP contribution in [-0.4, -0.2) is 31.8 Å². The van der Waals surface area contributed by atoms with E-state index in [1.54, 1.807) is 0 Å². The Labute approximate surface area is 84.7 Å². The van der Waals surface area contributed by atoms with Gasteiger partial charge in [0.15, 0.2) is 0 Å². The molecule has 1 saturated heterocycles. The molecule has 2 unspecified atom stereocenters. The highest BCUT2D eigenvalue weighted by atomic mass is 16.5. The second-order valence-corrected chi connectivity index (χ2v) is 4.32. The van der Waals surface area contributed by atoms with Crippen LogP contribution in [0.5, 0.6) is 0 Å². The number of rotatable bonds is 3. The highest BCUT2D eigenvalue weighted by Crippen LogP contribution is 2.33. The van der Waals surface area contributed by atoms with Crippen molar-refractivity contribution in [3.8, 4) is 0 Å². The van der Waals surface area contributed by atoms with Gasteiger partial charge in [0.25, 0.3) is 0 Å². The van der Waals surface area contributed by atoms with Crippen molar-refractivity contribution >= 4 is 5.97 Å². The Kier molecular flexibility index (Phi) is 3.50. The number of esters is 1. The number of ether oxygens (including phenoxy) is 2. The first-order chi connectivity index (χ1) is 6.50. The van der Waals surface area contributed by atoms with Gasteiger partial charge in [-0.2, -0.15) is 0 Å². The molecular formula is C10H19NO3. The lowest BCUT2D eigenvalue weighted by Gasteiger charge is -2.34. The molecule has 0 radical (unpaired) electrons. The summed E-state index contributed by atoms with van der Waals surface area (Å²) in [6.45, 7) is 4.66. The third kappa shape index (κ3) is 2.07. The Bertz CT molecular complexity index is 209. The molecule has 1 aliphatic heterocycles. The number of hydrogen-bond donors (Lipinski definition) is 1. The highest BCUT2D eigenvalue weighted by Gasteiger charge is 2.41. The summed E-state index contributed by atoms with van der Waals surface area (Å²) < 4.78 is 10.2. The standard InChI is InChI=1S/C10H19NO3/c1-10(2,7-5-4-6-14-7)8(11)9(12)13-3/h7-8H,4-6,11H2,1-3H3. The normalized spacial score (nSPS) is 24.7. The number of nitrogens with two attached hydrogens (primary N) is 1. The third-order valence-corrected chi connectivity index (χ3v) is 3.02. The molecule has 2 N–H and O–H groups in total. The maximum atomic E-state index is 11.3. The molecular weight excluding hydrogens is 182 g/mol. The van der Waals surface area contributed by atoms with Crippen LogP contribution >= 0.6 is 0 Å². The Morgan fingerprint density at radius 3 is 2.71 bits per heavy atom. The molecule has 0 amide bonds. The van der Waals surface area contributed by atoms with Gasteiger partial charge in [-0.1, -0.05) is 13.8 Å². The molecule has 82 valence electrons. The lowest BCUT2D eigenvalue weighted by molar-refractivity contribution is -0.147. The zero-order valence-corrected chi connectivity index (χ0v) is 9.08. The van der Waals surface area contributed by atoms with E-state index in [0.29, 0.717) is 0 Å². The van der Waals surface area contributed by atoms with Gasteiger partial charge in [-0.25, -0.2) is 0 Å². The van der Waals surface area contributed by atoms with E-state index < -0.39 is 6.04 Å². The first-order valence-corrected chi connectivity index (χ1v) is 4.95. The van der Waals surface area contributed by atoms with Gasteiger partial charge < -0.3 is 15.2 Å². The maximum Gasteiger partial charge on any atom is 0.323 e. The van der Waals surface area contributed by atoms with Gasteiger partial charge in [0.1, 0.15) is 6.04 Å². The van der Waals surface area contributed by atoms with Crippen LogP contribution in [0.3, 0.4) is 0 Å². The Balaban J connectivity index is 2.66. The van der Waals surface area contributed by atoms with Crippen molar-refractivity contribution in [3.63, 3.8) is 0 Å². The summed E-state index contributed by atoms with van der Waals surface area (Å²) in [4.78, 5) is 11.3. The molecule has 4 nitrogen and oxygen atoms in total. The van der Waals surface area contributed by atoms with E-state index in [1.807, 2.05) is 13.8 Å². The van der Waals surface area contributed by atoms with Crippen LogP contribution in [0.2, 0.25) is 0 Å². The van der Waals surface area contributed by atoms with Crippen molar-refractivity contribution in [3.05, 3.63) is 0 Å². The topological polar surface area (TPSA) is 61.5 Å². The molecule has 1 rings (SSSR count). The van der Waals surface area contributed by atoms with Crippen LogP contribution in [0, 0.1) is 5.41 Å². The van der Waals surface area contributed by atoms with Crippen molar-refractivity contribution in [2.45, 2.75) is 38.8 Å². The quantitative estimate of drug-likeness (QED) is 0.682. The molecule has 0 bridgehead atoms. The van der Waals surface area contributed by atoms with Crippen LogP contribution in [0.4, 0.5) is 0 Å². The monoisotopic (exact) mass is 201 g/mol. The Morgan fingerprint density at radius 2 is 2.29 bits per heavy atom. The van der Waals surface area contributed by atoms with Gasteiger partial charge >= 0.3 is 5.97 Å². The Hall–Kier alpha value is -0.610. The fraction of sp³-hybridized carbons (Fsp3) is 0.900. The zero-order valence-electron chi connectivity index (χ0n) is 9.08. The van der Waals surface area contributed by atoms with Crippen LogP contribution in [0.15, 0.2) is 0 Å². The summed E-state index contributed by atoms with van der Waals surface area (Å²) in [5.74, 6) is -0.370. The average molecular weight is 201 g/mol. The molecule has 0 aromatic carbocycles. The molecule has 0 saturated carbocycles. The van der Waals surface area contributed by atoms with E-state index in [-0.39, 0.29) is 17.5 Å². The molecule has 1 aliphatic rings. The van der Waals surface area contributed by atoms with Crippen LogP contribution in [0.25, 0.3) is 0 Å². The largest absolute Gasteiger partial charge is 0.468 e. The highest BCUT2D eigenvalue weighted by molar-refractivity contribution is 5.76. The van der Waals surface area contributed by atoms with Crippen molar-refractivity contribution in [1.29, 1.82) is 0 Å². The number of carbonyl (C=O) groups is 1. The van der Waals surface area contributed by atoms with Gasteiger partial charge in [-0.3, -0.25) is 4.79 Å². The van der Waals surface area contributed by atoms with Gasteiger partial charge in [0.2, 0.25) is 0 Å². The number of carbonyl (C=O) groups excluding carboxylic acids is 1. The number of hydrogen-bond acceptors (Lipinski definition) is 4. The molecule has 1 fully saturated rings. The van der Waals surface area contributed by atoms with Gasteiger partial charge in [0.05, 0.1) is 13.2 Å². The molecule has 0 spiro atoms. The molecule has 2 atom stereocenters. The van der Waals surface area contributed by atoms with E-state index in [1.165, 1.54) is 7.11 Å². The predicted molar refractivity (Wildman–Crippen MR) is 52.7 cm³/mol. The van der Waals surface area contributed by atoms with Gasteiger partial charge in [-0.15, -0.1) is 0 Å². The molecule has 4 heteroatoms. The minimum Gasteiger partial charge on any atom is -0.468 e. The molecule has 1 heterocycles. The molecule has 14 heavy (non-hydrogen) atoms. The summed E-state index contributed by atoms with van der Waals surface area (Å²) in [7, 11) is 1.35. The minimum atomic E-state index is -0.615. The number of methoxy groups -OCH3 is 1. The fourth-order valence-corrected chi connectivity index (χ4v) is 1.80. The summed E-state index contributed by atoms with van der Waals surface area (Å²) in [5, 5.41) is 0. The van der Waals surface area contributed by atoms with E-state index in [0.717, 1.165) is 19.4 Å². The lowest BCUT2D eigenvalue weighted by atomic mass is 9.78. The second kappa shape index (κ2) is 4.28. The van der Waals surface area contributed by atoms with Gasteiger partial charge in [-0.05, 0) is 12.8 Å². The van der Waals surface area contributed by atoms with E-state index in [2.05, 4.69) is 4.74 Å². The summed E-state index contributed by atoms with van der Waals surface area (Å²) in [6.07, 6.45) is 2.08. The van der Waals surface area contributed by atoms with Crippen molar-refractivity contribution in [2.24, 2.45) is 11.1 Å². The lowest BCUT2D eigenvalue weighted by Crippen LogP contribution is -2.50. The average Bonchev–Trinajstić information content (AvgIpc) is 2.68.